The predicted octanol–water partition coefficient (Wildman–Crippen LogP) is 6.30. The Balaban J connectivity index is 1.94. The summed E-state index contributed by atoms with van der Waals surface area (Å²) in [4.78, 5) is 0. The minimum absolute atomic E-state index is 0.495. The van der Waals surface area contributed by atoms with Crippen LogP contribution in [0.5, 0.6) is 11.5 Å². The minimum atomic E-state index is 0.495. The van der Waals surface area contributed by atoms with Crippen molar-refractivity contribution < 1.29 is 9.47 Å². The van der Waals surface area contributed by atoms with Gasteiger partial charge >= 0.3 is 0 Å². The number of benzene rings is 1. The van der Waals surface area contributed by atoms with Crippen LogP contribution in [-0.4, -0.2) is 34.3 Å². The fourth-order valence-electron chi connectivity index (χ4n) is 3.19. The molecule has 1 aromatic heterocycles. The Bertz CT molecular complexity index is 829. The lowest BCUT2D eigenvalue weighted by Crippen LogP contribution is -2.02. The van der Waals surface area contributed by atoms with Crippen LogP contribution in [0.2, 0.25) is 0 Å². The average Bonchev–Trinajstić information content (AvgIpc) is 3.09. The summed E-state index contributed by atoms with van der Waals surface area (Å²) in [6, 6.07) is 5.89. The summed E-state index contributed by atoms with van der Waals surface area (Å²) in [7, 11) is 0. The van der Waals surface area contributed by atoms with E-state index in [2.05, 4.69) is 29.1 Å². The number of aryl methyl sites for hydroxylation is 1. The fourth-order valence-corrected chi connectivity index (χ4v) is 3.39. The quantitative estimate of drug-likeness (QED) is 0.204. The van der Waals surface area contributed by atoms with E-state index in [1.807, 2.05) is 25.1 Å². The second-order valence-corrected chi connectivity index (χ2v) is 7.75. The van der Waals surface area contributed by atoms with Crippen molar-refractivity contribution in [3.63, 3.8) is 0 Å². The first-order valence-electron chi connectivity index (χ1n) is 11.3. The van der Waals surface area contributed by atoms with Crippen LogP contribution in [0.25, 0.3) is 0 Å². The fraction of sp³-hybridized carbons (Fsp3) is 0.609. The Morgan fingerprint density at radius 2 is 1.77 bits per heavy atom. The van der Waals surface area contributed by atoms with Crippen molar-refractivity contribution in [1.29, 1.82) is 0 Å². The molecule has 0 aliphatic rings. The van der Waals surface area contributed by atoms with Gasteiger partial charge in [-0.1, -0.05) is 52.4 Å². The zero-order chi connectivity index (χ0) is 21.6. The first-order valence-corrected chi connectivity index (χ1v) is 11.7. The lowest BCUT2D eigenvalue weighted by molar-refractivity contribution is 0.270. The van der Waals surface area contributed by atoms with Crippen molar-refractivity contribution >= 4 is 18.4 Å². The predicted molar refractivity (Wildman–Crippen MR) is 125 cm³/mol. The molecule has 0 bridgehead atoms. The average molecular weight is 433 g/mol. The normalized spacial score (nSPS) is 11.3. The smallest absolute Gasteiger partial charge is 0.216 e. The summed E-state index contributed by atoms with van der Waals surface area (Å²) in [5.41, 5.74) is 0.923. The monoisotopic (exact) mass is 432 g/mol. The van der Waals surface area contributed by atoms with E-state index in [1.54, 1.807) is 10.9 Å². The van der Waals surface area contributed by atoms with Crippen LogP contribution in [0, 0.1) is 4.77 Å². The van der Waals surface area contributed by atoms with Crippen molar-refractivity contribution in [2.24, 2.45) is 5.10 Å². The highest BCUT2D eigenvalue weighted by molar-refractivity contribution is 7.71. The van der Waals surface area contributed by atoms with E-state index in [-0.39, 0.29) is 0 Å². The number of unbranched alkanes of at least 4 members (excludes halogenated alkanes) is 6. The largest absolute Gasteiger partial charge is 0.490 e. The van der Waals surface area contributed by atoms with Crippen molar-refractivity contribution in [3.05, 3.63) is 34.4 Å². The molecule has 7 heteroatoms. The maximum Gasteiger partial charge on any atom is 0.216 e. The van der Waals surface area contributed by atoms with Crippen LogP contribution in [0.15, 0.2) is 23.3 Å². The van der Waals surface area contributed by atoms with E-state index in [0.29, 0.717) is 18.0 Å². The molecular weight excluding hydrogens is 396 g/mol. The number of rotatable bonds is 15. The Hall–Kier alpha value is -2.15. The first kappa shape index (κ1) is 24.1. The van der Waals surface area contributed by atoms with Gasteiger partial charge in [-0.2, -0.15) is 14.9 Å². The summed E-state index contributed by atoms with van der Waals surface area (Å²) >= 11 is 5.28. The second kappa shape index (κ2) is 14.0. The van der Waals surface area contributed by atoms with Gasteiger partial charge in [-0.05, 0) is 55.7 Å². The molecule has 0 aliphatic carbocycles. The number of aromatic nitrogens is 3. The standard InChI is InChI=1S/C23H36N4O2S/c1-4-7-8-9-10-11-12-16-29-20-15-14-19(17-21(20)28-6-3)18-24-27-22(13-5-2)25-26-23(27)30/h14-15,17-18H,4-13,16H2,1-3H3,(H,26,30)/b24-18-. The Morgan fingerprint density at radius 1 is 1.00 bits per heavy atom. The summed E-state index contributed by atoms with van der Waals surface area (Å²) < 4.78 is 13.9. The van der Waals surface area contributed by atoms with Gasteiger partial charge in [0, 0.05) is 6.42 Å². The van der Waals surface area contributed by atoms with Gasteiger partial charge < -0.3 is 9.47 Å². The van der Waals surface area contributed by atoms with Gasteiger partial charge in [0.1, 0.15) is 0 Å². The maximum atomic E-state index is 5.99. The molecule has 0 spiro atoms. The van der Waals surface area contributed by atoms with E-state index < -0.39 is 0 Å². The van der Waals surface area contributed by atoms with E-state index in [9.17, 15) is 0 Å². The van der Waals surface area contributed by atoms with Crippen LogP contribution < -0.4 is 9.47 Å². The van der Waals surface area contributed by atoms with Gasteiger partial charge in [-0.3, -0.25) is 5.10 Å². The molecule has 0 unspecified atom stereocenters. The molecule has 0 fully saturated rings. The van der Waals surface area contributed by atoms with Gasteiger partial charge in [0.2, 0.25) is 4.77 Å². The zero-order valence-electron chi connectivity index (χ0n) is 18.7. The number of aromatic amines is 1. The number of nitrogens with zero attached hydrogens (tertiary/aromatic N) is 3. The maximum absolute atomic E-state index is 5.99. The zero-order valence-corrected chi connectivity index (χ0v) is 19.5. The SMILES string of the molecule is CCCCCCCCCOc1ccc(/C=N\n2c(CCC)n[nH]c2=S)cc1OCC. The van der Waals surface area contributed by atoms with Crippen molar-refractivity contribution in [2.75, 3.05) is 13.2 Å². The Labute approximate surface area is 185 Å². The van der Waals surface area contributed by atoms with Crippen LogP contribution in [0.4, 0.5) is 0 Å². The third kappa shape index (κ3) is 7.94. The second-order valence-electron chi connectivity index (χ2n) is 7.36. The molecule has 166 valence electrons. The molecule has 1 N–H and O–H groups in total. The summed E-state index contributed by atoms with van der Waals surface area (Å²) in [6.07, 6.45) is 12.4. The molecular formula is C23H36N4O2S. The third-order valence-corrected chi connectivity index (χ3v) is 5.05. The molecule has 0 atom stereocenters. The molecule has 6 nitrogen and oxygen atoms in total. The highest BCUT2D eigenvalue weighted by Crippen LogP contribution is 2.28. The molecule has 1 heterocycles. The lowest BCUT2D eigenvalue weighted by atomic mass is 10.1. The van der Waals surface area contributed by atoms with Crippen molar-refractivity contribution in [2.45, 2.75) is 78.6 Å². The Morgan fingerprint density at radius 3 is 2.50 bits per heavy atom. The van der Waals surface area contributed by atoms with E-state index >= 15 is 0 Å². The van der Waals surface area contributed by atoms with Gasteiger partial charge in [0.25, 0.3) is 0 Å². The van der Waals surface area contributed by atoms with Crippen molar-refractivity contribution in [3.8, 4) is 11.5 Å². The number of nitrogens with one attached hydrogen (secondary N) is 1. The number of ether oxygens (including phenoxy) is 2. The third-order valence-electron chi connectivity index (χ3n) is 4.79. The summed E-state index contributed by atoms with van der Waals surface area (Å²) in [5.74, 6) is 2.36. The van der Waals surface area contributed by atoms with E-state index in [0.717, 1.165) is 42.1 Å². The molecule has 0 aliphatic heterocycles. The summed E-state index contributed by atoms with van der Waals surface area (Å²) in [5, 5.41) is 11.5. The minimum Gasteiger partial charge on any atom is -0.490 e. The van der Waals surface area contributed by atoms with Crippen LogP contribution in [0.1, 0.15) is 83.5 Å². The topological polar surface area (TPSA) is 64.4 Å². The molecule has 0 saturated heterocycles. The first-order chi connectivity index (χ1) is 14.7. The van der Waals surface area contributed by atoms with E-state index in [1.165, 1.54) is 38.5 Å². The van der Waals surface area contributed by atoms with Gasteiger partial charge in [-0.25, -0.2) is 0 Å². The Kier molecular flexibility index (Phi) is 11.2. The summed E-state index contributed by atoms with van der Waals surface area (Å²) in [6.45, 7) is 7.62. The number of hydrogen-bond acceptors (Lipinski definition) is 5. The molecule has 2 aromatic rings. The van der Waals surface area contributed by atoms with Crippen molar-refractivity contribution in [1.82, 2.24) is 14.9 Å². The molecule has 0 radical (unpaired) electrons. The van der Waals surface area contributed by atoms with Gasteiger partial charge in [0.05, 0.1) is 19.4 Å². The molecule has 30 heavy (non-hydrogen) atoms. The van der Waals surface area contributed by atoms with Crippen LogP contribution in [-0.2, 0) is 6.42 Å². The highest BCUT2D eigenvalue weighted by Gasteiger charge is 2.07. The molecule has 1 aromatic carbocycles. The van der Waals surface area contributed by atoms with Crippen LogP contribution >= 0.6 is 12.2 Å². The van der Waals surface area contributed by atoms with Gasteiger partial charge in [-0.15, -0.1) is 0 Å². The van der Waals surface area contributed by atoms with E-state index in [4.69, 9.17) is 21.7 Å². The highest BCUT2D eigenvalue weighted by atomic mass is 32.1. The molecule has 0 saturated carbocycles. The number of hydrogen-bond donors (Lipinski definition) is 1. The molecule has 2 rings (SSSR count). The molecule has 0 amide bonds. The van der Waals surface area contributed by atoms with Gasteiger partial charge in [0.15, 0.2) is 17.3 Å². The number of H-pyrrole nitrogens is 1. The van der Waals surface area contributed by atoms with Crippen LogP contribution in [0.3, 0.4) is 0 Å². The lowest BCUT2D eigenvalue weighted by Gasteiger charge is -2.12.